The molecule has 21 heavy (non-hydrogen) atoms. The van der Waals surface area contributed by atoms with Crippen LogP contribution < -0.4 is 11.1 Å². The van der Waals surface area contributed by atoms with Crippen molar-refractivity contribution in [3.8, 4) is 0 Å². The standard InChI is InChI=1S/C14H29N3O2.2ClH/c1-10(6-15)13(18)16-9-14(4,5)17-7-11(2)19-12(3)8-17;;/h10-12H,6-9,15H2,1-5H3,(H,16,18);2*1H. The summed E-state index contributed by atoms with van der Waals surface area (Å²) < 4.78 is 5.75. The smallest absolute Gasteiger partial charge is 0.224 e. The lowest BCUT2D eigenvalue weighted by atomic mass is 9.99. The summed E-state index contributed by atoms with van der Waals surface area (Å²) in [5.74, 6) is -0.0942. The lowest BCUT2D eigenvalue weighted by Gasteiger charge is -2.45. The Hall–Kier alpha value is -0.0700. The van der Waals surface area contributed by atoms with Gasteiger partial charge in [0.05, 0.1) is 12.2 Å². The average molecular weight is 344 g/mol. The van der Waals surface area contributed by atoms with Crippen molar-refractivity contribution in [3.05, 3.63) is 0 Å². The maximum Gasteiger partial charge on any atom is 0.224 e. The first kappa shape index (κ1) is 23.2. The zero-order valence-corrected chi connectivity index (χ0v) is 15.4. The number of nitrogens with one attached hydrogen (secondary N) is 1. The number of amides is 1. The molecule has 3 unspecified atom stereocenters. The topological polar surface area (TPSA) is 67.6 Å². The van der Waals surface area contributed by atoms with E-state index in [4.69, 9.17) is 10.5 Å². The molecule has 7 heteroatoms. The Morgan fingerprint density at radius 1 is 1.33 bits per heavy atom. The minimum absolute atomic E-state index is 0. The van der Waals surface area contributed by atoms with Gasteiger partial charge >= 0.3 is 0 Å². The highest BCUT2D eigenvalue weighted by atomic mass is 35.5. The molecule has 0 saturated carbocycles. The zero-order chi connectivity index (χ0) is 14.6. The van der Waals surface area contributed by atoms with Gasteiger partial charge in [0.2, 0.25) is 5.91 Å². The van der Waals surface area contributed by atoms with Gasteiger partial charge in [0.1, 0.15) is 0 Å². The van der Waals surface area contributed by atoms with Crippen LogP contribution in [0.25, 0.3) is 0 Å². The van der Waals surface area contributed by atoms with Crippen molar-refractivity contribution in [1.29, 1.82) is 0 Å². The molecule has 0 aromatic rings. The Morgan fingerprint density at radius 3 is 2.24 bits per heavy atom. The molecule has 1 aliphatic rings. The highest BCUT2D eigenvalue weighted by Gasteiger charge is 2.33. The molecule has 1 aliphatic heterocycles. The van der Waals surface area contributed by atoms with Crippen LogP contribution >= 0.6 is 24.8 Å². The third kappa shape index (κ3) is 7.15. The molecule has 1 heterocycles. The summed E-state index contributed by atoms with van der Waals surface area (Å²) in [5.41, 5.74) is 5.43. The van der Waals surface area contributed by atoms with Crippen molar-refractivity contribution in [1.82, 2.24) is 10.2 Å². The molecular formula is C14H31Cl2N3O2. The van der Waals surface area contributed by atoms with E-state index in [1.54, 1.807) is 0 Å². The first-order chi connectivity index (χ1) is 8.76. The third-order valence-corrected chi connectivity index (χ3v) is 3.77. The number of carbonyl (C=O) groups excluding carboxylic acids is 1. The minimum atomic E-state index is -0.127. The van der Waals surface area contributed by atoms with Crippen molar-refractivity contribution in [2.75, 3.05) is 26.2 Å². The van der Waals surface area contributed by atoms with Gasteiger partial charge in [-0.05, 0) is 27.7 Å². The quantitative estimate of drug-likeness (QED) is 0.792. The Kier molecular flexibility index (Phi) is 10.9. The Labute approximate surface area is 141 Å². The van der Waals surface area contributed by atoms with Gasteiger partial charge < -0.3 is 15.8 Å². The molecule has 3 atom stereocenters. The molecular weight excluding hydrogens is 313 g/mol. The second-order valence-electron chi connectivity index (χ2n) is 6.33. The minimum Gasteiger partial charge on any atom is -0.373 e. The molecule has 3 N–H and O–H groups in total. The Morgan fingerprint density at radius 2 is 1.81 bits per heavy atom. The number of hydrogen-bond acceptors (Lipinski definition) is 4. The molecule has 0 radical (unpaired) electrons. The van der Waals surface area contributed by atoms with Gasteiger partial charge in [-0.2, -0.15) is 0 Å². The molecule has 1 amide bonds. The van der Waals surface area contributed by atoms with E-state index in [-0.39, 0.29) is 54.4 Å². The van der Waals surface area contributed by atoms with Gasteiger partial charge in [-0.15, -0.1) is 24.8 Å². The maximum atomic E-state index is 11.8. The van der Waals surface area contributed by atoms with E-state index < -0.39 is 0 Å². The summed E-state index contributed by atoms with van der Waals surface area (Å²) in [4.78, 5) is 14.2. The lowest BCUT2D eigenvalue weighted by Crippen LogP contribution is -2.59. The van der Waals surface area contributed by atoms with Crippen LogP contribution in [0.5, 0.6) is 0 Å². The Balaban J connectivity index is 0. The maximum absolute atomic E-state index is 11.8. The number of rotatable bonds is 5. The van der Waals surface area contributed by atoms with E-state index >= 15 is 0 Å². The van der Waals surface area contributed by atoms with Crippen LogP contribution in [0.4, 0.5) is 0 Å². The predicted octanol–water partition coefficient (Wildman–Crippen LogP) is 1.43. The molecule has 0 aromatic heterocycles. The third-order valence-electron chi connectivity index (χ3n) is 3.77. The van der Waals surface area contributed by atoms with Gasteiger partial charge in [0.25, 0.3) is 0 Å². The summed E-state index contributed by atoms with van der Waals surface area (Å²) in [7, 11) is 0. The highest BCUT2D eigenvalue weighted by molar-refractivity contribution is 5.85. The second kappa shape index (κ2) is 9.85. The number of nitrogens with zero attached hydrogens (tertiary/aromatic N) is 1. The molecule has 1 rings (SSSR count). The normalized spacial score (nSPS) is 24.5. The largest absolute Gasteiger partial charge is 0.373 e. The summed E-state index contributed by atoms with van der Waals surface area (Å²) in [6.07, 6.45) is 0.475. The summed E-state index contributed by atoms with van der Waals surface area (Å²) >= 11 is 0. The van der Waals surface area contributed by atoms with Gasteiger partial charge in [-0.1, -0.05) is 6.92 Å². The second-order valence-corrected chi connectivity index (χ2v) is 6.33. The van der Waals surface area contributed by atoms with Crippen molar-refractivity contribution >= 4 is 30.7 Å². The average Bonchev–Trinajstić information content (AvgIpc) is 2.33. The Bertz CT molecular complexity index is 307. The molecule has 1 saturated heterocycles. The van der Waals surface area contributed by atoms with Crippen LogP contribution in [0.15, 0.2) is 0 Å². The molecule has 0 bridgehead atoms. The zero-order valence-electron chi connectivity index (χ0n) is 13.7. The van der Waals surface area contributed by atoms with Crippen LogP contribution in [-0.2, 0) is 9.53 Å². The van der Waals surface area contributed by atoms with Crippen LogP contribution in [0.1, 0.15) is 34.6 Å². The van der Waals surface area contributed by atoms with Gasteiger partial charge in [-0.3, -0.25) is 9.69 Å². The van der Waals surface area contributed by atoms with Crippen LogP contribution in [0.3, 0.4) is 0 Å². The van der Waals surface area contributed by atoms with E-state index in [0.29, 0.717) is 13.1 Å². The van der Waals surface area contributed by atoms with Crippen molar-refractivity contribution in [2.24, 2.45) is 11.7 Å². The fourth-order valence-electron chi connectivity index (χ4n) is 2.37. The number of carbonyl (C=O) groups is 1. The number of hydrogen-bond donors (Lipinski definition) is 2. The fourth-order valence-corrected chi connectivity index (χ4v) is 2.37. The summed E-state index contributed by atoms with van der Waals surface area (Å²) in [6.45, 7) is 13.2. The number of morpholine rings is 1. The summed E-state index contributed by atoms with van der Waals surface area (Å²) in [6, 6.07) is 0. The van der Waals surface area contributed by atoms with Crippen LogP contribution in [-0.4, -0.2) is 54.7 Å². The molecule has 128 valence electrons. The fraction of sp³-hybridized carbons (Fsp3) is 0.929. The first-order valence-corrected chi connectivity index (χ1v) is 7.14. The predicted molar refractivity (Wildman–Crippen MR) is 91.4 cm³/mol. The molecule has 1 fully saturated rings. The highest BCUT2D eigenvalue weighted by Crippen LogP contribution is 2.20. The summed E-state index contributed by atoms with van der Waals surface area (Å²) in [5, 5.41) is 3.00. The van der Waals surface area contributed by atoms with Crippen LogP contribution in [0.2, 0.25) is 0 Å². The van der Waals surface area contributed by atoms with E-state index in [1.165, 1.54) is 0 Å². The molecule has 0 aliphatic carbocycles. The van der Waals surface area contributed by atoms with E-state index in [1.807, 2.05) is 6.92 Å². The van der Waals surface area contributed by atoms with Crippen molar-refractivity contribution in [3.63, 3.8) is 0 Å². The monoisotopic (exact) mass is 343 g/mol. The number of halogens is 2. The van der Waals surface area contributed by atoms with E-state index in [2.05, 4.69) is 37.9 Å². The van der Waals surface area contributed by atoms with Crippen LogP contribution in [0, 0.1) is 5.92 Å². The first-order valence-electron chi connectivity index (χ1n) is 7.14. The molecule has 0 spiro atoms. The molecule has 5 nitrogen and oxygen atoms in total. The van der Waals surface area contributed by atoms with Gasteiger partial charge in [0.15, 0.2) is 0 Å². The van der Waals surface area contributed by atoms with Gasteiger partial charge in [-0.25, -0.2) is 0 Å². The van der Waals surface area contributed by atoms with E-state index in [9.17, 15) is 4.79 Å². The SMILES string of the molecule is CC1CN(C(C)(C)CNC(=O)C(C)CN)CC(C)O1.Cl.Cl. The molecule has 0 aromatic carbocycles. The van der Waals surface area contributed by atoms with Crippen molar-refractivity contribution < 1.29 is 9.53 Å². The number of nitrogens with two attached hydrogens (primary N) is 1. The van der Waals surface area contributed by atoms with Gasteiger partial charge in [0, 0.05) is 37.6 Å². The number of ether oxygens (including phenoxy) is 1. The lowest BCUT2D eigenvalue weighted by molar-refractivity contribution is -0.125. The van der Waals surface area contributed by atoms with E-state index in [0.717, 1.165) is 13.1 Å². The van der Waals surface area contributed by atoms with Crippen molar-refractivity contribution in [2.45, 2.75) is 52.4 Å².